The van der Waals surface area contributed by atoms with Crippen LogP contribution in [0.5, 0.6) is 5.75 Å². The number of nitrogens with one attached hydrogen (secondary N) is 1. The number of methoxy groups -OCH3 is 1. The van der Waals surface area contributed by atoms with Crippen LogP contribution in [0.2, 0.25) is 0 Å². The van der Waals surface area contributed by atoms with Crippen molar-refractivity contribution in [2.75, 3.05) is 12.4 Å². The lowest BCUT2D eigenvalue weighted by Crippen LogP contribution is -2.05. The van der Waals surface area contributed by atoms with E-state index in [1.807, 2.05) is 48.7 Å². The zero-order valence-electron chi connectivity index (χ0n) is 17.2. The molecule has 32 heavy (non-hydrogen) atoms. The number of aromatic nitrogens is 1. The summed E-state index contributed by atoms with van der Waals surface area (Å²) < 4.78 is 6.23. The summed E-state index contributed by atoms with van der Waals surface area (Å²) in [5.74, 6) is 0.730. The van der Waals surface area contributed by atoms with Gasteiger partial charge in [-0.05, 0) is 60.9 Å². The Kier molecular flexibility index (Phi) is 5.20. The minimum Gasteiger partial charge on any atom is -0.497 e. The molecule has 0 radical (unpaired) electrons. The smallest absolute Gasteiger partial charge is 0.129 e. The first-order valence-electron chi connectivity index (χ1n) is 10.1. The molecule has 1 aliphatic rings. The van der Waals surface area contributed by atoms with Gasteiger partial charge in [-0.1, -0.05) is 16.4 Å². The maximum atomic E-state index is 9.94. The van der Waals surface area contributed by atoms with Gasteiger partial charge in [-0.25, -0.2) is 0 Å². The van der Waals surface area contributed by atoms with Crippen LogP contribution < -0.4 is 10.1 Å². The maximum absolute atomic E-state index is 9.94. The van der Waals surface area contributed by atoms with E-state index in [0.717, 1.165) is 61.6 Å². The Morgan fingerprint density at radius 2 is 1.94 bits per heavy atom. The number of anilines is 2. The molecule has 0 atom stereocenters. The Hall–Kier alpha value is -3.91. The lowest BCUT2D eigenvalue weighted by molar-refractivity contribution is 0.318. The molecular weight excluding hydrogens is 424 g/mol. The number of nitrogens with zero attached hydrogens (tertiary/aromatic N) is 3. The SMILES string of the molecule is COc1ccc(C(=NO)c2sc3cnccc3c2Nc2ccc3c(c2)CCC3=NO)cc1. The molecule has 0 spiro atoms. The van der Waals surface area contributed by atoms with Crippen LogP contribution in [0, 0.1) is 0 Å². The van der Waals surface area contributed by atoms with Crippen LogP contribution >= 0.6 is 11.3 Å². The van der Waals surface area contributed by atoms with Crippen molar-refractivity contribution in [3.8, 4) is 5.75 Å². The van der Waals surface area contributed by atoms with Gasteiger partial charge in [0.15, 0.2) is 0 Å². The van der Waals surface area contributed by atoms with Gasteiger partial charge in [0.25, 0.3) is 0 Å². The van der Waals surface area contributed by atoms with Gasteiger partial charge in [-0.2, -0.15) is 0 Å². The van der Waals surface area contributed by atoms with Gasteiger partial charge in [0, 0.05) is 34.6 Å². The van der Waals surface area contributed by atoms with E-state index >= 15 is 0 Å². The number of hydrogen-bond acceptors (Lipinski definition) is 8. The Morgan fingerprint density at radius 1 is 1.09 bits per heavy atom. The molecule has 0 amide bonds. The lowest BCUT2D eigenvalue weighted by Gasteiger charge is -2.12. The molecule has 3 N–H and O–H groups in total. The summed E-state index contributed by atoms with van der Waals surface area (Å²) in [4.78, 5) is 5.05. The molecular formula is C24H20N4O3S. The zero-order valence-corrected chi connectivity index (χ0v) is 18.1. The molecule has 0 fully saturated rings. The maximum Gasteiger partial charge on any atom is 0.129 e. The van der Waals surface area contributed by atoms with Crippen LogP contribution in [-0.2, 0) is 6.42 Å². The van der Waals surface area contributed by atoms with Crippen molar-refractivity contribution in [3.05, 3.63) is 82.5 Å². The first kappa shape index (κ1) is 20.0. The van der Waals surface area contributed by atoms with Crippen LogP contribution in [0.3, 0.4) is 0 Å². The number of aryl methyl sites for hydroxylation is 1. The van der Waals surface area contributed by atoms with E-state index in [1.165, 1.54) is 11.3 Å². The largest absolute Gasteiger partial charge is 0.497 e. The number of oxime groups is 2. The number of fused-ring (bicyclic) bond motifs is 2. The summed E-state index contributed by atoms with van der Waals surface area (Å²) in [7, 11) is 1.61. The second-order valence-electron chi connectivity index (χ2n) is 7.40. The zero-order chi connectivity index (χ0) is 22.1. The van der Waals surface area contributed by atoms with E-state index < -0.39 is 0 Å². The van der Waals surface area contributed by atoms with Crippen molar-refractivity contribution >= 4 is 44.2 Å². The monoisotopic (exact) mass is 444 g/mol. The first-order valence-corrected chi connectivity index (χ1v) is 10.9. The molecule has 160 valence electrons. The van der Waals surface area contributed by atoms with Gasteiger partial charge in [-0.3, -0.25) is 4.98 Å². The Bertz CT molecular complexity index is 1360. The van der Waals surface area contributed by atoms with E-state index in [0.29, 0.717) is 11.4 Å². The number of hydrogen-bond donors (Lipinski definition) is 3. The minimum absolute atomic E-state index is 0.465. The van der Waals surface area contributed by atoms with Gasteiger partial charge >= 0.3 is 0 Å². The van der Waals surface area contributed by atoms with Crippen LogP contribution in [-0.4, -0.2) is 33.9 Å². The topological polar surface area (TPSA) is 99.3 Å². The molecule has 5 rings (SSSR count). The number of rotatable bonds is 5. The Labute approximate surface area is 188 Å². The first-order chi connectivity index (χ1) is 15.7. The fourth-order valence-electron chi connectivity index (χ4n) is 4.02. The summed E-state index contributed by atoms with van der Waals surface area (Å²) >= 11 is 1.51. The van der Waals surface area contributed by atoms with Gasteiger partial charge in [0.2, 0.25) is 0 Å². The molecule has 1 aliphatic carbocycles. The Morgan fingerprint density at radius 3 is 2.69 bits per heavy atom. The molecule has 0 unspecified atom stereocenters. The molecule has 2 heterocycles. The summed E-state index contributed by atoms with van der Waals surface area (Å²) in [5.41, 5.74) is 5.83. The molecule has 7 nitrogen and oxygen atoms in total. The van der Waals surface area contributed by atoms with Crippen LogP contribution in [0.25, 0.3) is 10.1 Å². The highest BCUT2D eigenvalue weighted by Crippen LogP contribution is 2.39. The number of ether oxygens (including phenoxy) is 1. The van der Waals surface area contributed by atoms with E-state index in [1.54, 1.807) is 13.3 Å². The summed E-state index contributed by atoms with van der Waals surface area (Å²) in [6.07, 6.45) is 5.12. The average molecular weight is 445 g/mol. The van der Waals surface area contributed by atoms with Gasteiger partial charge in [0.1, 0.15) is 11.5 Å². The van der Waals surface area contributed by atoms with Crippen molar-refractivity contribution in [1.82, 2.24) is 4.98 Å². The summed E-state index contributed by atoms with van der Waals surface area (Å²) in [5, 5.41) is 30.7. The predicted octanol–water partition coefficient (Wildman–Crippen LogP) is 5.40. The normalized spacial score (nSPS) is 14.7. The van der Waals surface area contributed by atoms with Crippen LogP contribution in [0.15, 0.2) is 71.2 Å². The van der Waals surface area contributed by atoms with Crippen molar-refractivity contribution < 1.29 is 15.2 Å². The van der Waals surface area contributed by atoms with Crippen LogP contribution in [0.1, 0.15) is 28.0 Å². The number of pyridine rings is 1. The van der Waals surface area contributed by atoms with Crippen molar-refractivity contribution in [2.45, 2.75) is 12.8 Å². The van der Waals surface area contributed by atoms with E-state index in [9.17, 15) is 10.4 Å². The Balaban J connectivity index is 1.59. The molecule has 2 aromatic carbocycles. The second-order valence-corrected chi connectivity index (χ2v) is 8.45. The summed E-state index contributed by atoms with van der Waals surface area (Å²) in [6.45, 7) is 0. The highest BCUT2D eigenvalue weighted by molar-refractivity contribution is 7.21. The van der Waals surface area contributed by atoms with E-state index in [4.69, 9.17) is 4.74 Å². The van der Waals surface area contributed by atoms with Gasteiger partial charge < -0.3 is 20.5 Å². The summed E-state index contributed by atoms with van der Waals surface area (Å²) in [6, 6.07) is 15.4. The molecule has 0 saturated heterocycles. The third-order valence-corrected chi connectivity index (χ3v) is 6.76. The standard InChI is InChI=1S/C24H20N4O3S/c1-31-17-6-2-14(3-7-17)22(28-30)24-23(19-10-11-25-13-21(19)32-24)26-16-5-8-18-15(12-16)4-9-20(18)27-29/h2-3,5-8,10-13,26,29-30H,4,9H2,1H3. The average Bonchev–Trinajstić information content (AvgIpc) is 3.41. The highest BCUT2D eigenvalue weighted by Gasteiger charge is 2.22. The van der Waals surface area contributed by atoms with E-state index in [-0.39, 0.29) is 0 Å². The van der Waals surface area contributed by atoms with Crippen molar-refractivity contribution in [1.29, 1.82) is 0 Å². The molecule has 4 aromatic rings. The predicted molar refractivity (Wildman–Crippen MR) is 126 cm³/mol. The highest BCUT2D eigenvalue weighted by atomic mass is 32.1. The molecule has 0 saturated carbocycles. The molecule has 0 aliphatic heterocycles. The third-order valence-electron chi connectivity index (χ3n) is 5.61. The number of thiophene rings is 1. The van der Waals surface area contributed by atoms with Crippen molar-refractivity contribution in [3.63, 3.8) is 0 Å². The lowest BCUT2D eigenvalue weighted by atomic mass is 10.1. The molecule has 0 bridgehead atoms. The van der Waals surface area contributed by atoms with Crippen molar-refractivity contribution in [2.24, 2.45) is 10.3 Å². The fourth-order valence-corrected chi connectivity index (χ4v) is 5.15. The van der Waals surface area contributed by atoms with Gasteiger partial charge in [0.05, 0.1) is 28.1 Å². The van der Waals surface area contributed by atoms with E-state index in [2.05, 4.69) is 26.7 Å². The fraction of sp³-hybridized carbons (Fsp3) is 0.125. The second kappa shape index (κ2) is 8.32. The number of benzene rings is 2. The quantitative estimate of drug-likeness (QED) is 0.217. The molecule has 8 heteroatoms. The third kappa shape index (κ3) is 3.44. The minimum atomic E-state index is 0.465. The van der Waals surface area contributed by atoms with Crippen LogP contribution in [0.4, 0.5) is 11.4 Å². The van der Waals surface area contributed by atoms with Gasteiger partial charge in [-0.15, -0.1) is 11.3 Å². The molecule has 2 aromatic heterocycles.